The normalized spacial score (nSPS) is 14.2. The molecule has 136 valence electrons. The van der Waals surface area contributed by atoms with Crippen LogP contribution in [0.2, 0.25) is 0 Å². The second kappa shape index (κ2) is 8.04. The molecule has 0 amide bonds. The Labute approximate surface area is 153 Å². The molecule has 0 atom stereocenters. The third-order valence-electron chi connectivity index (χ3n) is 4.77. The van der Waals surface area contributed by atoms with Crippen molar-refractivity contribution in [2.24, 2.45) is 0 Å². The molecule has 0 bridgehead atoms. The minimum Gasteiger partial charge on any atom is -0.507 e. The lowest BCUT2D eigenvalue weighted by atomic mass is 9.88. The summed E-state index contributed by atoms with van der Waals surface area (Å²) in [6.45, 7) is 2.12. The number of pyridine rings is 1. The van der Waals surface area contributed by atoms with Crippen LogP contribution in [-0.4, -0.2) is 30.1 Å². The summed E-state index contributed by atoms with van der Waals surface area (Å²) >= 11 is 0. The lowest BCUT2D eigenvalue weighted by molar-refractivity contribution is 0.111. The van der Waals surface area contributed by atoms with Crippen LogP contribution < -0.4 is 9.47 Å². The number of hydrogen-bond acceptors (Lipinski definition) is 5. The Morgan fingerprint density at radius 2 is 2.04 bits per heavy atom. The molecule has 1 aliphatic carbocycles. The van der Waals surface area contributed by atoms with E-state index in [1.54, 1.807) is 32.4 Å². The molecule has 0 unspecified atom stereocenters. The molecule has 5 nitrogen and oxygen atoms in total. The zero-order valence-corrected chi connectivity index (χ0v) is 15.1. The molecule has 0 saturated heterocycles. The second-order valence-electron chi connectivity index (χ2n) is 6.40. The number of methoxy groups -OCH3 is 1. The van der Waals surface area contributed by atoms with Crippen molar-refractivity contribution >= 4 is 11.9 Å². The Kier molecular flexibility index (Phi) is 5.56. The largest absolute Gasteiger partial charge is 0.507 e. The zero-order valence-electron chi connectivity index (χ0n) is 15.1. The fourth-order valence-electron chi connectivity index (χ4n) is 3.34. The molecule has 1 heterocycles. The van der Waals surface area contributed by atoms with Gasteiger partial charge in [-0.1, -0.05) is 6.07 Å². The first-order chi connectivity index (χ1) is 12.7. The summed E-state index contributed by atoms with van der Waals surface area (Å²) in [4.78, 5) is 15.6. The summed E-state index contributed by atoms with van der Waals surface area (Å²) in [5, 5.41) is 10.1. The van der Waals surface area contributed by atoms with Gasteiger partial charge in [0.15, 0.2) is 6.29 Å². The molecule has 3 rings (SSSR count). The van der Waals surface area contributed by atoms with Gasteiger partial charge in [-0.2, -0.15) is 0 Å². The number of hydrogen-bond donors (Lipinski definition) is 1. The van der Waals surface area contributed by atoms with Crippen LogP contribution in [0.25, 0.3) is 5.57 Å². The maximum Gasteiger partial charge on any atom is 0.220 e. The number of allylic oxidation sites excluding steroid dienone is 1. The summed E-state index contributed by atoms with van der Waals surface area (Å²) < 4.78 is 11.3. The van der Waals surface area contributed by atoms with Gasteiger partial charge in [-0.05, 0) is 67.5 Å². The highest BCUT2D eigenvalue weighted by atomic mass is 16.5. The van der Waals surface area contributed by atoms with Crippen molar-refractivity contribution in [3.05, 3.63) is 52.7 Å². The number of aryl methyl sites for hydroxylation is 1. The number of benzene rings is 1. The summed E-state index contributed by atoms with van der Waals surface area (Å²) in [5.74, 6) is 0.992. The van der Waals surface area contributed by atoms with Crippen LogP contribution in [0.15, 0.2) is 36.0 Å². The molecular weight excluding hydrogens is 330 g/mol. The van der Waals surface area contributed by atoms with Crippen LogP contribution in [0.5, 0.6) is 17.4 Å². The smallest absolute Gasteiger partial charge is 0.220 e. The van der Waals surface area contributed by atoms with E-state index in [0.717, 1.165) is 31.2 Å². The Morgan fingerprint density at radius 1 is 1.23 bits per heavy atom. The van der Waals surface area contributed by atoms with Crippen molar-refractivity contribution in [2.45, 2.75) is 32.6 Å². The van der Waals surface area contributed by atoms with E-state index in [0.29, 0.717) is 30.1 Å². The van der Waals surface area contributed by atoms with E-state index in [2.05, 4.69) is 4.98 Å². The molecule has 5 heteroatoms. The average molecular weight is 353 g/mol. The zero-order chi connectivity index (χ0) is 18.5. The Bertz CT molecular complexity index is 842. The molecule has 0 fully saturated rings. The van der Waals surface area contributed by atoms with Crippen molar-refractivity contribution in [2.75, 3.05) is 13.7 Å². The molecule has 1 N–H and O–H groups in total. The number of aromatic hydroxyl groups is 1. The molecule has 1 aliphatic rings. The number of carbonyl (C=O) groups is 1. The second-order valence-corrected chi connectivity index (χ2v) is 6.40. The molecule has 26 heavy (non-hydrogen) atoms. The van der Waals surface area contributed by atoms with Gasteiger partial charge in [-0.25, -0.2) is 4.98 Å². The lowest BCUT2D eigenvalue weighted by Crippen LogP contribution is -2.10. The fraction of sp³-hybridized carbons (Fsp3) is 0.333. The number of aromatic nitrogens is 1. The third kappa shape index (κ3) is 3.57. The van der Waals surface area contributed by atoms with E-state index in [9.17, 15) is 9.90 Å². The molecule has 0 aliphatic heterocycles. The molecule has 0 spiro atoms. The van der Waals surface area contributed by atoms with E-state index in [1.165, 1.54) is 11.1 Å². The van der Waals surface area contributed by atoms with Gasteiger partial charge in [-0.3, -0.25) is 4.79 Å². The van der Waals surface area contributed by atoms with Gasteiger partial charge in [0.25, 0.3) is 0 Å². The van der Waals surface area contributed by atoms with E-state index in [4.69, 9.17) is 9.47 Å². The van der Waals surface area contributed by atoms with Gasteiger partial charge in [0, 0.05) is 11.8 Å². The van der Waals surface area contributed by atoms with Crippen LogP contribution in [0.1, 0.15) is 47.2 Å². The predicted octanol–water partition coefficient (Wildman–Crippen LogP) is 4.32. The summed E-state index contributed by atoms with van der Waals surface area (Å²) in [6, 6.07) is 7.39. The standard InChI is InChI=1S/C21H23NO4/c1-14-9-10-19(18(12-23)20(14)24)26-13-15-6-3-4-7-16(15)17-8-5-11-22-21(17)25-2/h5,8-12,24H,3-4,6-7,13H2,1-2H3. The first kappa shape index (κ1) is 18.0. The van der Waals surface area contributed by atoms with Crippen molar-refractivity contribution in [1.29, 1.82) is 0 Å². The van der Waals surface area contributed by atoms with E-state index in [-0.39, 0.29) is 11.3 Å². The molecule has 0 saturated carbocycles. The summed E-state index contributed by atoms with van der Waals surface area (Å²) in [5.41, 5.74) is 4.22. The van der Waals surface area contributed by atoms with Gasteiger partial charge in [0.2, 0.25) is 5.88 Å². The fourth-order valence-corrected chi connectivity index (χ4v) is 3.34. The highest BCUT2D eigenvalue weighted by Gasteiger charge is 2.19. The minimum atomic E-state index is -0.0238. The topological polar surface area (TPSA) is 68.7 Å². The number of aldehydes is 1. The first-order valence-electron chi connectivity index (χ1n) is 8.76. The van der Waals surface area contributed by atoms with Gasteiger partial charge in [0.05, 0.1) is 12.7 Å². The quantitative estimate of drug-likeness (QED) is 0.783. The maximum absolute atomic E-state index is 11.3. The molecular formula is C21H23NO4. The van der Waals surface area contributed by atoms with Crippen molar-refractivity contribution in [3.63, 3.8) is 0 Å². The Balaban J connectivity index is 1.91. The molecule has 0 radical (unpaired) electrons. The number of nitrogens with zero attached hydrogens (tertiary/aromatic N) is 1. The summed E-state index contributed by atoms with van der Waals surface area (Å²) in [6.07, 6.45) is 6.44. The monoisotopic (exact) mass is 353 g/mol. The number of carbonyl (C=O) groups excluding carboxylic acids is 1. The molecule has 1 aromatic heterocycles. The SMILES string of the molecule is COc1ncccc1C1=C(COc2ccc(C)c(O)c2C=O)CCCC1. The predicted molar refractivity (Wildman–Crippen MR) is 99.9 cm³/mol. The van der Waals surface area contributed by atoms with Crippen LogP contribution in [0.3, 0.4) is 0 Å². The van der Waals surface area contributed by atoms with Crippen LogP contribution in [0.4, 0.5) is 0 Å². The lowest BCUT2D eigenvalue weighted by Gasteiger charge is -2.22. The van der Waals surface area contributed by atoms with Crippen LogP contribution in [0, 0.1) is 6.92 Å². The summed E-state index contributed by atoms with van der Waals surface area (Å²) in [7, 11) is 1.62. The molecule has 2 aromatic rings. The Morgan fingerprint density at radius 3 is 2.81 bits per heavy atom. The number of phenols is 1. The van der Waals surface area contributed by atoms with Crippen LogP contribution in [-0.2, 0) is 0 Å². The van der Waals surface area contributed by atoms with Crippen molar-refractivity contribution < 1.29 is 19.4 Å². The number of rotatable bonds is 6. The van der Waals surface area contributed by atoms with Gasteiger partial charge in [0.1, 0.15) is 18.1 Å². The van der Waals surface area contributed by atoms with Crippen LogP contribution >= 0.6 is 0 Å². The van der Waals surface area contributed by atoms with Gasteiger partial charge < -0.3 is 14.6 Å². The highest BCUT2D eigenvalue weighted by Crippen LogP contribution is 2.37. The van der Waals surface area contributed by atoms with Gasteiger partial charge in [-0.15, -0.1) is 0 Å². The third-order valence-corrected chi connectivity index (χ3v) is 4.77. The van der Waals surface area contributed by atoms with Crippen molar-refractivity contribution in [1.82, 2.24) is 4.98 Å². The minimum absolute atomic E-state index is 0.0238. The number of phenolic OH excluding ortho intramolecular Hbond substituents is 1. The molecule has 1 aromatic carbocycles. The maximum atomic E-state index is 11.3. The number of ether oxygens (including phenoxy) is 2. The van der Waals surface area contributed by atoms with E-state index in [1.807, 2.05) is 12.1 Å². The van der Waals surface area contributed by atoms with Crippen molar-refractivity contribution in [3.8, 4) is 17.4 Å². The van der Waals surface area contributed by atoms with E-state index >= 15 is 0 Å². The van der Waals surface area contributed by atoms with Gasteiger partial charge >= 0.3 is 0 Å². The van der Waals surface area contributed by atoms with E-state index < -0.39 is 0 Å². The first-order valence-corrected chi connectivity index (χ1v) is 8.76. The Hall–Kier alpha value is -2.82. The average Bonchev–Trinajstić information content (AvgIpc) is 2.69. The highest BCUT2D eigenvalue weighted by molar-refractivity contribution is 5.84.